The number of ether oxygens (including phenoxy) is 2. The zero-order valence-electron chi connectivity index (χ0n) is 13.0. The molecular weight excluding hydrogens is 369 g/mol. The van der Waals surface area contributed by atoms with E-state index in [0.717, 1.165) is 0 Å². The average Bonchev–Trinajstić information content (AvgIpc) is 2.57. The van der Waals surface area contributed by atoms with E-state index in [1.165, 1.54) is 6.07 Å². The number of rotatable bonds is 4. The average molecular weight is 382 g/mol. The summed E-state index contributed by atoms with van der Waals surface area (Å²) in [5.74, 6) is 0.553. The minimum absolute atomic E-state index is 0.0624. The number of benzene rings is 1. The number of nitrogens with one attached hydrogen (secondary N) is 2. The van der Waals surface area contributed by atoms with Crippen molar-refractivity contribution in [2.24, 2.45) is 0 Å². The molecule has 0 spiro atoms. The van der Waals surface area contributed by atoms with Crippen LogP contribution in [0.25, 0.3) is 0 Å². The molecule has 0 saturated carbocycles. The number of aromatic nitrogens is 1. The third kappa shape index (κ3) is 4.12. The van der Waals surface area contributed by atoms with Crippen LogP contribution < -0.4 is 20.1 Å². The fourth-order valence-electron chi connectivity index (χ4n) is 2.08. The lowest BCUT2D eigenvalue weighted by atomic mass is 10.3. The van der Waals surface area contributed by atoms with Gasteiger partial charge in [0.05, 0.1) is 5.02 Å². The van der Waals surface area contributed by atoms with Crippen LogP contribution >= 0.6 is 23.2 Å². The molecule has 7 nitrogen and oxygen atoms in total. The highest BCUT2D eigenvalue weighted by atomic mass is 35.5. The van der Waals surface area contributed by atoms with E-state index in [1.54, 1.807) is 31.2 Å². The monoisotopic (exact) mass is 381 g/mol. The van der Waals surface area contributed by atoms with Crippen LogP contribution in [0, 0.1) is 0 Å². The first kappa shape index (κ1) is 17.3. The molecule has 9 heteroatoms. The fraction of sp³-hybridized carbons (Fsp3) is 0.188. The number of anilines is 2. The molecule has 2 amide bonds. The van der Waals surface area contributed by atoms with Crippen LogP contribution in [0.4, 0.5) is 11.6 Å². The van der Waals surface area contributed by atoms with Gasteiger partial charge in [-0.2, -0.15) is 0 Å². The van der Waals surface area contributed by atoms with Crippen molar-refractivity contribution in [2.75, 3.05) is 17.2 Å². The van der Waals surface area contributed by atoms with Gasteiger partial charge in [-0.25, -0.2) is 4.98 Å². The summed E-state index contributed by atoms with van der Waals surface area (Å²) in [7, 11) is 0. The molecule has 2 N–H and O–H groups in total. The molecule has 1 atom stereocenters. The van der Waals surface area contributed by atoms with Gasteiger partial charge in [-0.05, 0) is 37.3 Å². The van der Waals surface area contributed by atoms with Gasteiger partial charge in [0.1, 0.15) is 11.6 Å². The van der Waals surface area contributed by atoms with Crippen LogP contribution in [-0.4, -0.2) is 29.5 Å². The number of halogens is 2. The molecule has 0 aliphatic carbocycles. The smallest absolute Gasteiger partial charge is 0.266 e. The second-order valence-electron chi connectivity index (χ2n) is 5.20. The second kappa shape index (κ2) is 7.16. The number of nitrogens with zero attached hydrogens (tertiary/aromatic N) is 1. The van der Waals surface area contributed by atoms with Crippen LogP contribution in [0.1, 0.15) is 6.92 Å². The van der Waals surface area contributed by atoms with Crippen molar-refractivity contribution >= 4 is 46.7 Å². The van der Waals surface area contributed by atoms with Crippen molar-refractivity contribution in [3.8, 4) is 11.5 Å². The number of carbonyl (C=O) groups excluding carboxylic acids is 2. The number of pyridine rings is 1. The predicted molar refractivity (Wildman–Crippen MR) is 93.5 cm³/mol. The lowest BCUT2D eigenvalue weighted by Crippen LogP contribution is -2.31. The van der Waals surface area contributed by atoms with Gasteiger partial charge in [0, 0.05) is 5.02 Å². The van der Waals surface area contributed by atoms with Crippen LogP contribution in [0.2, 0.25) is 10.0 Å². The number of amides is 2. The Morgan fingerprint density at radius 1 is 1.36 bits per heavy atom. The summed E-state index contributed by atoms with van der Waals surface area (Å²) < 4.78 is 10.7. The molecule has 0 saturated heterocycles. The molecule has 0 fully saturated rings. The first-order chi connectivity index (χ1) is 11.9. The topological polar surface area (TPSA) is 89.5 Å². The van der Waals surface area contributed by atoms with E-state index in [0.29, 0.717) is 21.5 Å². The predicted octanol–water partition coefficient (Wildman–Crippen LogP) is 3.13. The molecule has 1 aromatic heterocycles. The standard InChI is InChI=1S/C16H13Cl2N3O4/c1-8(25-11-3-2-9(17)6-10(11)18)16(23)20-13-5-4-12-15(19-13)21-14(22)7-24-12/h2-6,8H,7H2,1H3,(H2,19,20,21,22,23). The number of carbonyl (C=O) groups is 2. The SMILES string of the molecule is CC(Oc1ccc(Cl)cc1Cl)C(=O)Nc1ccc2c(n1)NC(=O)CO2. The van der Waals surface area contributed by atoms with Crippen LogP contribution in [-0.2, 0) is 9.59 Å². The lowest BCUT2D eigenvalue weighted by molar-refractivity contribution is -0.122. The van der Waals surface area contributed by atoms with Gasteiger partial charge in [-0.15, -0.1) is 0 Å². The molecule has 25 heavy (non-hydrogen) atoms. The number of fused-ring (bicyclic) bond motifs is 1. The summed E-state index contributed by atoms with van der Waals surface area (Å²) in [6, 6.07) is 7.89. The van der Waals surface area contributed by atoms with Gasteiger partial charge in [-0.1, -0.05) is 23.2 Å². The largest absolute Gasteiger partial charge is 0.480 e. The van der Waals surface area contributed by atoms with Gasteiger partial charge in [-0.3, -0.25) is 9.59 Å². The zero-order valence-corrected chi connectivity index (χ0v) is 14.5. The Kier molecular flexibility index (Phi) is 4.96. The van der Waals surface area contributed by atoms with E-state index < -0.39 is 12.0 Å². The summed E-state index contributed by atoms with van der Waals surface area (Å²) >= 11 is 11.8. The van der Waals surface area contributed by atoms with E-state index >= 15 is 0 Å². The van der Waals surface area contributed by atoms with Gasteiger partial charge >= 0.3 is 0 Å². The van der Waals surface area contributed by atoms with Crippen molar-refractivity contribution in [3.63, 3.8) is 0 Å². The van der Waals surface area contributed by atoms with E-state index in [9.17, 15) is 9.59 Å². The lowest BCUT2D eigenvalue weighted by Gasteiger charge is -2.18. The third-order valence-corrected chi connectivity index (χ3v) is 3.82. The van der Waals surface area contributed by atoms with E-state index in [4.69, 9.17) is 32.7 Å². The summed E-state index contributed by atoms with van der Waals surface area (Å²) in [5.41, 5.74) is 0. The molecule has 1 aliphatic heterocycles. The summed E-state index contributed by atoms with van der Waals surface area (Å²) in [4.78, 5) is 27.7. The quantitative estimate of drug-likeness (QED) is 0.848. The Bertz CT molecular complexity index is 844. The fourth-order valence-corrected chi connectivity index (χ4v) is 2.53. The van der Waals surface area contributed by atoms with Gasteiger partial charge < -0.3 is 20.1 Å². The molecular formula is C16H13Cl2N3O4. The van der Waals surface area contributed by atoms with Crippen molar-refractivity contribution in [1.82, 2.24) is 4.98 Å². The molecule has 0 bridgehead atoms. The molecule has 2 heterocycles. The highest BCUT2D eigenvalue weighted by molar-refractivity contribution is 6.35. The summed E-state index contributed by atoms with van der Waals surface area (Å²) in [5, 5.41) is 5.95. The van der Waals surface area contributed by atoms with Crippen molar-refractivity contribution in [1.29, 1.82) is 0 Å². The Morgan fingerprint density at radius 3 is 2.92 bits per heavy atom. The van der Waals surface area contributed by atoms with Gasteiger partial charge in [0.25, 0.3) is 11.8 Å². The first-order valence-electron chi connectivity index (χ1n) is 7.28. The zero-order chi connectivity index (χ0) is 18.0. The number of hydrogen-bond acceptors (Lipinski definition) is 5. The molecule has 1 unspecified atom stereocenters. The highest BCUT2D eigenvalue weighted by Crippen LogP contribution is 2.29. The maximum atomic E-state index is 12.3. The van der Waals surface area contributed by atoms with Crippen molar-refractivity contribution in [3.05, 3.63) is 40.4 Å². The molecule has 2 aromatic rings. The summed E-state index contributed by atoms with van der Waals surface area (Å²) in [6.07, 6.45) is -0.831. The minimum atomic E-state index is -0.831. The molecule has 0 radical (unpaired) electrons. The van der Waals surface area contributed by atoms with Crippen LogP contribution in [0.15, 0.2) is 30.3 Å². The van der Waals surface area contributed by atoms with Crippen molar-refractivity contribution in [2.45, 2.75) is 13.0 Å². The Labute approximate surface area is 153 Å². The van der Waals surface area contributed by atoms with E-state index in [2.05, 4.69) is 15.6 Å². The molecule has 3 rings (SSSR count). The normalized spacial score (nSPS) is 14.0. The highest BCUT2D eigenvalue weighted by Gasteiger charge is 2.20. The van der Waals surface area contributed by atoms with Crippen LogP contribution in [0.5, 0.6) is 11.5 Å². The van der Waals surface area contributed by atoms with Gasteiger partial charge in [0.15, 0.2) is 24.3 Å². The Morgan fingerprint density at radius 2 is 2.16 bits per heavy atom. The van der Waals surface area contributed by atoms with Crippen LogP contribution in [0.3, 0.4) is 0 Å². The third-order valence-electron chi connectivity index (χ3n) is 3.29. The molecule has 1 aliphatic rings. The number of hydrogen-bond donors (Lipinski definition) is 2. The van der Waals surface area contributed by atoms with Crippen molar-refractivity contribution < 1.29 is 19.1 Å². The van der Waals surface area contributed by atoms with E-state index in [-0.39, 0.29) is 24.1 Å². The second-order valence-corrected chi connectivity index (χ2v) is 6.05. The minimum Gasteiger partial charge on any atom is -0.480 e. The first-order valence-corrected chi connectivity index (χ1v) is 8.04. The summed E-state index contributed by atoms with van der Waals surface area (Å²) in [6.45, 7) is 1.51. The maximum absolute atomic E-state index is 12.3. The molecule has 130 valence electrons. The van der Waals surface area contributed by atoms with E-state index in [1.807, 2.05) is 0 Å². The Hall–Kier alpha value is -2.51. The Balaban J connectivity index is 1.67. The van der Waals surface area contributed by atoms with Gasteiger partial charge in [0.2, 0.25) is 0 Å². The molecule has 1 aromatic carbocycles. The maximum Gasteiger partial charge on any atom is 0.266 e.